The summed E-state index contributed by atoms with van der Waals surface area (Å²) < 4.78 is 17.5. The van der Waals surface area contributed by atoms with Crippen LogP contribution in [0.3, 0.4) is 0 Å². The number of fused-ring (bicyclic) bond motifs is 1. The summed E-state index contributed by atoms with van der Waals surface area (Å²) in [5, 5.41) is 0.526. The predicted octanol–water partition coefficient (Wildman–Crippen LogP) is 4.77. The van der Waals surface area contributed by atoms with E-state index in [1.165, 1.54) is 23.9 Å². The fourth-order valence-corrected chi connectivity index (χ4v) is 5.40. The van der Waals surface area contributed by atoms with Crippen molar-refractivity contribution in [2.45, 2.75) is 25.7 Å². The predicted molar refractivity (Wildman–Crippen MR) is 129 cm³/mol. The number of ketones is 2. The number of hydrogen-bond donors (Lipinski definition) is 0. The lowest BCUT2D eigenvalue weighted by atomic mass is 9.92. The molecule has 0 saturated carbocycles. The van der Waals surface area contributed by atoms with Gasteiger partial charge in [0.25, 0.3) is 0 Å². The third kappa shape index (κ3) is 4.69. The lowest BCUT2D eigenvalue weighted by Gasteiger charge is -2.30. The van der Waals surface area contributed by atoms with Crippen molar-refractivity contribution in [1.82, 2.24) is 9.88 Å². The number of piperidine rings is 1. The van der Waals surface area contributed by atoms with Crippen molar-refractivity contribution in [1.29, 1.82) is 0 Å². The molecule has 176 valence electrons. The van der Waals surface area contributed by atoms with Gasteiger partial charge in [0.15, 0.2) is 16.6 Å². The molecule has 1 aromatic carbocycles. The van der Waals surface area contributed by atoms with E-state index in [0.717, 1.165) is 28.6 Å². The van der Waals surface area contributed by atoms with E-state index in [4.69, 9.17) is 14.2 Å². The number of likely N-dealkylation sites (tertiary alicyclic amines) is 1. The van der Waals surface area contributed by atoms with Gasteiger partial charge < -0.3 is 14.2 Å². The van der Waals surface area contributed by atoms with Gasteiger partial charge in [0, 0.05) is 5.92 Å². The number of thiazole rings is 1. The Morgan fingerprint density at radius 1 is 1.24 bits per heavy atom. The Morgan fingerprint density at radius 2 is 2.09 bits per heavy atom. The van der Waals surface area contributed by atoms with Crippen LogP contribution in [0.5, 0.6) is 5.75 Å². The largest absolute Gasteiger partial charge is 0.494 e. The molecule has 7 nitrogen and oxygen atoms in total. The number of carbonyl (C=O) groups is 2. The molecule has 0 unspecified atom stereocenters. The lowest BCUT2D eigenvalue weighted by molar-refractivity contribution is -0.120. The van der Waals surface area contributed by atoms with Crippen LogP contribution >= 0.6 is 11.3 Å². The van der Waals surface area contributed by atoms with Gasteiger partial charge in [-0.05, 0) is 56.5 Å². The van der Waals surface area contributed by atoms with Crippen molar-refractivity contribution in [3.63, 3.8) is 0 Å². The fraction of sp³-hybridized carbons (Fsp3) is 0.346. The Bertz CT molecular complexity index is 1230. The summed E-state index contributed by atoms with van der Waals surface area (Å²) in [7, 11) is 1.61. The minimum absolute atomic E-state index is 0.0746. The molecule has 5 rings (SSSR count). The summed E-state index contributed by atoms with van der Waals surface area (Å²) in [5.41, 5.74) is 1.76. The Kier molecular flexibility index (Phi) is 6.60. The van der Waals surface area contributed by atoms with Gasteiger partial charge >= 0.3 is 0 Å². The third-order valence-corrected chi connectivity index (χ3v) is 7.35. The molecule has 1 aliphatic carbocycles. The number of allylic oxidation sites excluding steroid dienone is 4. The van der Waals surface area contributed by atoms with Gasteiger partial charge in [-0.25, -0.2) is 4.98 Å². The van der Waals surface area contributed by atoms with Gasteiger partial charge in [-0.2, -0.15) is 0 Å². The number of Topliss-reactive ketones (excluding diaryl/α,β-unsaturated/α-hetero) is 2. The zero-order valence-electron chi connectivity index (χ0n) is 19.0. The molecule has 2 aliphatic heterocycles. The molecule has 0 amide bonds. The second-order valence-electron chi connectivity index (χ2n) is 8.52. The van der Waals surface area contributed by atoms with Crippen LogP contribution in [0.25, 0.3) is 10.2 Å². The van der Waals surface area contributed by atoms with E-state index in [0.29, 0.717) is 42.4 Å². The van der Waals surface area contributed by atoms with Crippen molar-refractivity contribution in [2.24, 2.45) is 5.92 Å². The molecule has 34 heavy (non-hydrogen) atoms. The smallest absolute Gasteiger partial charge is 0.215 e. The topological polar surface area (TPSA) is 78.0 Å². The molecule has 3 heterocycles. The molecule has 8 heteroatoms. The number of hydrogen-bond acceptors (Lipinski definition) is 8. The van der Waals surface area contributed by atoms with Crippen molar-refractivity contribution in [2.75, 3.05) is 26.7 Å². The normalized spacial score (nSPS) is 19.0. The molecule has 1 fully saturated rings. The van der Waals surface area contributed by atoms with Crippen LogP contribution in [0.4, 0.5) is 0 Å². The highest BCUT2D eigenvalue weighted by molar-refractivity contribution is 7.20. The first-order valence-corrected chi connectivity index (χ1v) is 12.3. The standard InChI is InChI=1S/C26H26N2O5S/c1-31-20-8-5-9-23-24(20)27-26(34-23)25(30)18-10-12-28(13-11-18)14-19(29)22-16-32-15-21(33-22)17-6-3-2-4-7-17/h2-3,5-6,8-9,15-16,18H,4,7,10-14H2,1H3. The second kappa shape index (κ2) is 9.95. The molecule has 1 saturated heterocycles. The number of aromatic nitrogens is 1. The van der Waals surface area contributed by atoms with E-state index in [1.807, 2.05) is 30.4 Å². The number of carbonyl (C=O) groups excluding carboxylic acids is 2. The maximum absolute atomic E-state index is 13.1. The van der Waals surface area contributed by atoms with Crippen molar-refractivity contribution in [3.8, 4) is 5.75 Å². The molecule has 0 radical (unpaired) electrons. The molecule has 3 aliphatic rings. The Hall–Kier alpha value is -3.23. The minimum atomic E-state index is -0.124. The molecule has 0 bridgehead atoms. The fourth-order valence-electron chi connectivity index (χ4n) is 4.40. The van der Waals surface area contributed by atoms with Crippen molar-refractivity contribution in [3.05, 3.63) is 71.1 Å². The van der Waals surface area contributed by atoms with Gasteiger partial charge in [-0.1, -0.05) is 24.3 Å². The van der Waals surface area contributed by atoms with Crippen LogP contribution in [0.1, 0.15) is 35.5 Å². The zero-order valence-corrected chi connectivity index (χ0v) is 19.8. The maximum Gasteiger partial charge on any atom is 0.215 e. The van der Waals surface area contributed by atoms with E-state index < -0.39 is 0 Å². The highest BCUT2D eigenvalue weighted by Gasteiger charge is 2.30. The average Bonchev–Trinajstić information content (AvgIpc) is 3.34. The molecular formula is C26H26N2O5S. The van der Waals surface area contributed by atoms with E-state index in [9.17, 15) is 9.59 Å². The first-order chi connectivity index (χ1) is 16.6. The summed E-state index contributed by atoms with van der Waals surface area (Å²) in [5.74, 6) is 1.35. The first kappa shape index (κ1) is 22.6. The highest BCUT2D eigenvalue weighted by atomic mass is 32.1. The quantitative estimate of drug-likeness (QED) is 0.530. The second-order valence-corrected chi connectivity index (χ2v) is 9.56. The van der Waals surface area contributed by atoms with E-state index in [1.54, 1.807) is 7.11 Å². The maximum atomic E-state index is 13.1. The first-order valence-electron chi connectivity index (χ1n) is 11.5. The van der Waals surface area contributed by atoms with Crippen LogP contribution < -0.4 is 4.74 Å². The summed E-state index contributed by atoms with van der Waals surface area (Å²) in [6, 6.07) is 5.71. The van der Waals surface area contributed by atoms with E-state index >= 15 is 0 Å². The number of benzene rings is 1. The van der Waals surface area contributed by atoms with Crippen LogP contribution in [0.15, 0.2) is 66.0 Å². The number of rotatable bonds is 7. The molecule has 0 N–H and O–H groups in total. The van der Waals surface area contributed by atoms with Gasteiger partial charge in [-0.3, -0.25) is 14.5 Å². The molecular weight excluding hydrogens is 452 g/mol. The monoisotopic (exact) mass is 478 g/mol. The van der Waals surface area contributed by atoms with Crippen LogP contribution in [0.2, 0.25) is 0 Å². The lowest BCUT2D eigenvalue weighted by Crippen LogP contribution is -2.39. The molecule has 0 spiro atoms. The van der Waals surface area contributed by atoms with E-state index in [-0.39, 0.29) is 29.8 Å². The van der Waals surface area contributed by atoms with Gasteiger partial charge in [0.05, 0.1) is 18.4 Å². The zero-order chi connectivity index (χ0) is 23.5. The summed E-state index contributed by atoms with van der Waals surface area (Å²) >= 11 is 1.41. The van der Waals surface area contributed by atoms with Crippen molar-refractivity contribution < 1.29 is 23.8 Å². The number of nitrogens with zero attached hydrogens (tertiary/aromatic N) is 2. The van der Waals surface area contributed by atoms with E-state index in [2.05, 4.69) is 16.0 Å². The number of methoxy groups -OCH3 is 1. The Morgan fingerprint density at radius 3 is 2.85 bits per heavy atom. The molecule has 1 aromatic heterocycles. The summed E-state index contributed by atoms with van der Waals surface area (Å²) in [4.78, 5) is 32.5. The molecule has 0 atom stereocenters. The van der Waals surface area contributed by atoms with Crippen LogP contribution in [0, 0.1) is 5.92 Å². The van der Waals surface area contributed by atoms with Gasteiger partial charge in [-0.15, -0.1) is 11.3 Å². The SMILES string of the molecule is COc1cccc2sc(C(=O)C3CCN(CC(=O)C4=COC=C(C5=CC=CCC5)O4)CC3)nc12. The van der Waals surface area contributed by atoms with Crippen molar-refractivity contribution >= 4 is 33.1 Å². The average molecular weight is 479 g/mol. The summed E-state index contributed by atoms with van der Waals surface area (Å²) in [6.45, 7) is 1.58. The number of ether oxygens (including phenoxy) is 3. The third-order valence-electron chi connectivity index (χ3n) is 6.31. The highest BCUT2D eigenvalue weighted by Crippen LogP contribution is 2.32. The van der Waals surface area contributed by atoms with Gasteiger partial charge in [0.1, 0.15) is 23.8 Å². The van der Waals surface area contributed by atoms with Crippen LogP contribution in [-0.2, 0) is 14.3 Å². The minimum Gasteiger partial charge on any atom is -0.494 e. The number of para-hydroxylation sites is 1. The Labute approximate surface area is 202 Å². The Balaban J connectivity index is 1.15. The van der Waals surface area contributed by atoms with Gasteiger partial charge in [0.2, 0.25) is 11.5 Å². The molecule has 2 aromatic rings. The summed E-state index contributed by atoms with van der Waals surface area (Å²) in [6.07, 6.45) is 12.2. The van der Waals surface area contributed by atoms with Crippen LogP contribution in [-0.4, -0.2) is 48.2 Å².